The number of amides is 2. The molecular formula is C15H17N5O2. The maximum Gasteiger partial charge on any atom is 0.265 e. The smallest absolute Gasteiger partial charge is 0.265 e. The number of hydrogen-bond donors (Lipinski definition) is 4. The number of aromatic nitrogens is 1. The molecule has 1 heterocycles. The van der Waals surface area contributed by atoms with E-state index in [1.807, 2.05) is 6.07 Å². The van der Waals surface area contributed by atoms with E-state index in [-0.39, 0.29) is 11.8 Å². The normalized spacial score (nSPS) is 10.0. The third-order valence-electron chi connectivity index (χ3n) is 2.76. The van der Waals surface area contributed by atoms with Crippen LogP contribution in [0.15, 0.2) is 54.9 Å². The average Bonchev–Trinajstić information content (AvgIpc) is 2.59. The fraction of sp³-hybridized carbons (Fsp3) is 0.133. The van der Waals surface area contributed by atoms with Crippen LogP contribution < -0.4 is 21.7 Å². The number of carbonyl (C=O) groups excluding carboxylic acids is 2. The molecule has 0 fully saturated rings. The van der Waals surface area contributed by atoms with E-state index < -0.39 is 0 Å². The van der Waals surface area contributed by atoms with Crippen molar-refractivity contribution in [3.63, 3.8) is 0 Å². The summed E-state index contributed by atoms with van der Waals surface area (Å²) in [4.78, 5) is 27.2. The van der Waals surface area contributed by atoms with Crippen LogP contribution in [0, 0.1) is 0 Å². The second kappa shape index (κ2) is 8.50. The van der Waals surface area contributed by atoms with Crippen molar-refractivity contribution in [3.05, 3.63) is 66.0 Å². The Balaban J connectivity index is 1.58. The van der Waals surface area contributed by atoms with E-state index in [1.54, 1.807) is 48.8 Å². The van der Waals surface area contributed by atoms with E-state index in [0.717, 1.165) is 0 Å². The predicted molar refractivity (Wildman–Crippen MR) is 81.6 cm³/mol. The number of nitrogens with one attached hydrogen (secondary N) is 4. The molecule has 114 valence electrons. The summed E-state index contributed by atoms with van der Waals surface area (Å²) < 4.78 is 0. The molecule has 0 aliphatic heterocycles. The standard InChI is InChI=1S/C15H17N5O2/c21-14(12-4-2-1-3-5-12)19-17-10-11-18-20-15(22)13-6-8-16-9-7-13/h1-9,17-18H,10-11H2,(H,19,21)(H,20,22). The predicted octanol–water partition coefficient (Wildman–Crippen LogP) is 0.251. The van der Waals surface area contributed by atoms with Crippen molar-refractivity contribution in [2.45, 2.75) is 0 Å². The van der Waals surface area contributed by atoms with Crippen LogP contribution in [0.2, 0.25) is 0 Å². The van der Waals surface area contributed by atoms with Gasteiger partial charge in [-0.15, -0.1) is 0 Å². The molecule has 22 heavy (non-hydrogen) atoms. The summed E-state index contributed by atoms with van der Waals surface area (Å²) in [6.07, 6.45) is 3.10. The summed E-state index contributed by atoms with van der Waals surface area (Å²) in [7, 11) is 0. The summed E-state index contributed by atoms with van der Waals surface area (Å²) in [5.41, 5.74) is 11.8. The number of hydrogen-bond acceptors (Lipinski definition) is 5. The van der Waals surface area contributed by atoms with Gasteiger partial charge in [0.05, 0.1) is 0 Å². The fourth-order valence-corrected chi connectivity index (χ4v) is 1.65. The van der Waals surface area contributed by atoms with Gasteiger partial charge in [0, 0.05) is 36.6 Å². The Hall–Kier alpha value is -2.77. The third-order valence-corrected chi connectivity index (χ3v) is 2.76. The van der Waals surface area contributed by atoms with Gasteiger partial charge in [-0.05, 0) is 24.3 Å². The molecular weight excluding hydrogens is 282 g/mol. The zero-order valence-corrected chi connectivity index (χ0v) is 11.9. The van der Waals surface area contributed by atoms with Crippen LogP contribution in [0.25, 0.3) is 0 Å². The minimum atomic E-state index is -0.240. The van der Waals surface area contributed by atoms with Crippen LogP contribution in [0.1, 0.15) is 20.7 Å². The van der Waals surface area contributed by atoms with Gasteiger partial charge in [-0.3, -0.25) is 25.4 Å². The van der Waals surface area contributed by atoms with Crippen molar-refractivity contribution in [1.29, 1.82) is 0 Å². The maximum atomic E-state index is 11.7. The highest BCUT2D eigenvalue weighted by atomic mass is 16.2. The van der Waals surface area contributed by atoms with Gasteiger partial charge in [0.1, 0.15) is 0 Å². The Bertz CT molecular complexity index is 548. The van der Waals surface area contributed by atoms with Crippen LogP contribution in [-0.4, -0.2) is 29.9 Å². The van der Waals surface area contributed by atoms with Crippen LogP contribution in [0.3, 0.4) is 0 Å². The molecule has 2 amide bonds. The van der Waals surface area contributed by atoms with Crippen molar-refractivity contribution in [1.82, 2.24) is 26.7 Å². The van der Waals surface area contributed by atoms with Gasteiger partial charge in [0.2, 0.25) is 0 Å². The first-order valence-electron chi connectivity index (χ1n) is 6.79. The Morgan fingerprint density at radius 2 is 1.27 bits per heavy atom. The zero-order valence-electron chi connectivity index (χ0n) is 11.9. The topological polar surface area (TPSA) is 95.1 Å². The minimum absolute atomic E-state index is 0.207. The lowest BCUT2D eigenvalue weighted by atomic mass is 10.2. The maximum absolute atomic E-state index is 11.7. The fourth-order valence-electron chi connectivity index (χ4n) is 1.65. The second-order valence-corrected chi connectivity index (χ2v) is 4.36. The highest BCUT2D eigenvalue weighted by molar-refractivity contribution is 5.94. The van der Waals surface area contributed by atoms with Gasteiger partial charge in [0.25, 0.3) is 11.8 Å². The first-order valence-corrected chi connectivity index (χ1v) is 6.79. The molecule has 0 saturated carbocycles. The summed E-state index contributed by atoms with van der Waals surface area (Å²) in [5, 5.41) is 0. The highest BCUT2D eigenvalue weighted by Gasteiger charge is 2.04. The number of nitrogens with zero attached hydrogens (tertiary/aromatic N) is 1. The third kappa shape index (κ3) is 4.97. The summed E-state index contributed by atoms with van der Waals surface area (Å²) in [6.45, 7) is 0.904. The molecule has 0 bridgehead atoms. The molecule has 0 atom stereocenters. The van der Waals surface area contributed by atoms with Crippen LogP contribution in [0.5, 0.6) is 0 Å². The van der Waals surface area contributed by atoms with Crippen molar-refractivity contribution in [3.8, 4) is 0 Å². The quantitative estimate of drug-likeness (QED) is 0.434. The first-order chi connectivity index (χ1) is 10.8. The lowest BCUT2D eigenvalue weighted by molar-refractivity contribution is 0.0916. The van der Waals surface area contributed by atoms with Gasteiger partial charge in [-0.1, -0.05) is 18.2 Å². The number of rotatable bonds is 7. The second-order valence-electron chi connectivity index (χ2n) is 4.36. The Kier molecular flexibility index (Phi) is 6.03. The number of benzene rings is 1. The van der Waals surface area contributed by atoms with E-state index in [1.165, 1.54) is 0 Å². The van der Waals surface area contributed by atoms with Crippen molar-refractivity contribution in [2.75, 3.05) is 13.1 Å². The molecule has 0 spiro atoms. The number of hydrazine groups is 2. The minimum Gasteiger partial charge on any atom is -0.287 e. The molecule has 4 N–H and O–H groups in total. The van der Waals surface area contributed by atoms with E-state index in [9.17, 15) is 9.59 Å². The Morgan fingerprint density at radius 3 is 1.82 bits per heavy atom. The van der Waals surface area contributed by atoms with Gasteiger partial charge in [-0.2, -0.15) is 0 Å². The molecule has 0 unspecified atom stereocenters. The molecule has 2 aromatic rings. The van der Waals surface area contributed by atoms with Crippen molar-refractivity contribution >= 4 is 11.8 Å². The molecule has 7 heteroatoms. The first kappa shape index (κ1) is 15.6. The number of pyridine rings is 1. The molecule has 0 aliphatic carbocycles. The lowest BCUT2D eigenvalue weighted by Gasteiger charge is -2.09. The molecule has 0 saturated heterocycles. The van der Waals surface area contributed by atoms with Crippen molar-refractivity contribution < 1.29 is 9.59 Å². The van der Waals surface area contributed by atoms with Gasteiger partial charge in [0.15, 0.2) is 0 Å². The molecule has 0 aliphatic rings. The van der Waals surface area contributed by atoms with Gasteiger partial charge >= 0.3 is 0 Å². The van der Waals surface area contributed by atoms with Gasteiger partial charge in [-0.25, -0.2) is 10.9 Å². The van der Waals surface area contributed by atoms with Crippen LogP contribution in [0.4, 0.5) is 0 Å². The van der Waals surface area contributed by atoms with Crippen molar-refractivity contribution in [2.24, 2.45) is 0 Å². The molecule has 0 radical (unpaired) electrons. The molecule has 1 aromatic heterocycles. The average molecular weight is 299 g/mol. The van der Waals surface area contributed by atoms with E-state index in [0.29, 0.717) is 24.2 Å². The molecule has 2 rings (SSSR count). The summed E-state index contributed by atoms with van der Waals surface area (Å²) >= 11 is 0. The molecule has 7 nitrogen and oxygen atoms in total. The zero-order chi connectivity index (χ0) is 15.6. The summed E-state index contributed by atoms with van der Waals surface area (Å²) in [6, 6.07) is 12.1. The van der Waals surface area contributed by atoms with Gasteiger partial charge < -0.3 is 0 Å². The SMILES string of the molecule is O=C(NNCCNNC(=O)c1ccncc1)c1ccccc1. The van der Waals surface area contributed by atoms with E-state index in [2.05, 4.69) is 26.7 Å². The largest absolute Gasteiger partial charge is 0.287 e. The van der Waals surface area contributed by atoms with Crippen LogP contribution in [-0.2, 0) is 0 Å². The van der Waals surface area contributed by atoms with E-state index >= 15 is 0 Å². The van der Waals surface area contributed by atoms with E-state index in [4.69, 9.17) is 0 Å². The summed E-state index contributed by atoms with van der Waals surface area (Å²) in [5.74, 6) is -0.447. The van der Waals surface area contributed by atoms with Crippen LogP contribution >= 0.6 is 0 Å². The Labute approximate surface area is 128 Å². The monoisotopic (exact) mass is 299 g/mol. The molecule has 1 aromatic carbocycles. The highest BCUT2D eigenvalue weighted by Crippen LogP contribution is 1.96. The number of carbonyl (C=O) groups is 2. The Morgan fingerprint density at radius 1 is 0.773 bits per heavy atom. The lowest BCUT2D eigenvalue weighted by Crippen LogP contribution is -2.45.